The van der Waals surface area contributed by atoms with Gasteiger partial charge in [0.1, 0.15) is 5.83 Å². The zero-order valence-corrected chi connectivity index (χ0v) is 16.0. The number of allylic oxidation sites excluding steroid dienone is 1. The van der Waals surface area contributed by atoms with Crippen LogP contribution in [0.4, 0.5) is 4.39 Å². The fourth-order valence-corrected chi connectivity index (χ4v) is 3.56. The molecule has 3 rings (SSSR count). The molecule has 0 saturated carbocycles. The molecule has 1 aliphatic rings. The average molecular weight is 407 g/mol. The van der Waals surface area contributed by atoms with Gasteiger partial charge >= 0.3 is 0 Å². The molecule has 1 atom stereocenters. The fraction of sp³-hybridized carbons (Fsp3) is 0.368. The minimum atomic E-state index is -0.508. The summed E-state index contributed by atoms with van der Waals surface area (Å²) in [7, 11) is 0. The van der Waals surface area contributed by atoms with Crippen molar-refractivity contribution in [2.45, 2.75) is 33.8 Å². The van der Waals surface area contributed by atoms with Crippen LogP contribution in [0, 0.1) is 11.3 Å². The van der Waals surface area contributed by atoms with E-state index in [-0.39, 0.29) is 23.5 Å². The molecule has 6 heteroatoms. The lowest BCUT2D eigenvalue weighted by Crippen LogP contribution is -2.31. The second-order valence-corrected chi connectivity index (χ2v) is 8.20. The summed E-state index contributed by atoms with van der Waals surface area (Å²) < 4.78 is 16.6. The predicted molar refractivity (Wildman–Crippen MR) is 99.2 cm³/mol. The van der Waals surface area contributed by atoms with Crippen LogP contribution in [0.5, 0.6) is 0 Å². The maximum absolute atomic E-state index is 14.7. The number of aliphatic hydroxyl groups excluding tert-OH is 1. The van der Waals surface area contributed by atoms with Crippen LogP contribution in [0.2, 0.25) is 0 Å². The topological polar surface area (TPSA) is 55.1 Å². The van der Waals surface area contributed by atoms with Gasteiger partial charge in [0.15, 0.2) is 0 Å². The molecule has 1 heterocycles. The molecular formula is C19H20BrFN2O2. The van der Waals surface area contributed by atoms with E-state index >= 15 is 0 Å². The number of fused-ring (bicyclic) bond motifs is 1. The summed E-state index contributed by atoms with van der Waals surface area (Å²) in [5, 5.41) is 13.8. The Morgan fingerprint density at radius 1 is 1.40 bits per heavy atom. The van der Waals surface area contributed by atoms with Gasteiger partial charge in [-0.25, -0.2) is 4.39 Å². The number of hydrogen-bond acceptors (Lipinski definition) is 3. The van der Waals surface area contributed by atoms with E-state index in [0.29, 0.717) is 27.7 Å². The first-order chi connectivity index (χ1) is 11.7. The monoisotopic (exact) mass is 406 g/mol. The smallest absolute Gasteiger partial charge is 0.282 e. The quantitative estimate of drug-likeness (QED) is 0.819. The summed E-state index contributed by atoms with van der Waals surface area (Å²) in [5.74, 6) is -0.487. The number of hydrogen-bond donors (Lipinski definition) is 1. The first-order valence-electron chi connectivity index (χ1n) is 8.11. The van der Waals surface area contributed by atoms with E-state index in [0.717, 1.165) is 4.68 Å². The van der Waals surface area contributed by atoms with E-state index in [1.807, 2.05) is 0 Å². The molecule has 4 nitrogen and oxygen atoms in total. The van der Waals surface area contributed by atoms with Crippen molar-refractivity contribution in [3.8, 4) is 5.69 Å². The summed E-state index contributed by atoms with van der Waals surface area (Å²) in [6, 6.07) is 5.19. The Kier molecular flexibility index (Phi) is 4.68. The molecule has 0 fully saturated rings. The normalized spacial score (nSPS) is 17.2. The molecule has 132 valence electrons. The van der Waals surface area contributed by atoms with Crippen LogP contribution >= 0.6 is 15.9 Å². The van der Waals surface area contributed by atoms with E-state index in [1.54, 1.807) is 30.5 Å². The van der Waals surface area contributed by atoms with Crippen molar-refractivity contribution in [2.24, 2.45) is 11.3 Å². The number of halogens is 2. The number of nitrogens with zero attached hydrogens (tertiary/aromatic N) is 2. The highest BCUT2D eigenvalue weighted by molar-refractivity contribution is 9.10. The van der Waals surface area contributed by atoms with Crippen LogP contribution in [0.25, 0.3) is 11.5 Å². The van der Waals surface area contributed by atoms with Crippen LogP contribution < -0.4 is 5.56 Å². The van der Waals surface area contributed by atoms with Crippen LogP contribution in [0.15, 0.2) is 39.7 Å². The second-order valence-electron chi connectivity index (χ2n) is 7.35. The van der Waals surface area contributed by atoms with Gasteiger partial charge in [-0.1, -0.05) is 42.8 Å². The summed E-state index contributed by atoms with van der Waals surface area (Å²) in [5.41, 5.74) is 1.06. The molecule has 25 heavy (non-hydrogen) atoms. The van der Waals surface area contributed by atoms with Gasteiger partial charge in [0.25, 0.3) is 5.56 Å². The first-order valence-corrected chi connectivity index (χ1v) is 8.91. The van der Waals surface area contributed by atoms with Gasteiger partial charge in [0.05, 0.1) is 24.1 Å². The Morgan fingerprint density at radius 2 is 2.12 bits per heavy atom. The van der Waals surface area contributed by atoms with Crippen molar-refractivity contribution in [1.29, 1.82) is 0 Å². The Hall–Kier alpha value is -1.79. The molecule has 1 aliphatic carbocycles. The lowest BCUT2D eigenvalue weighted by molar-refractivity contribution is 0.280. The molecule has 1 N–H and O–H groups in total. The van der Waals surface area contributed by atoms with Crippen molar-refractivity contribution in [1.82, 2.24) is 9.78 Å². The lowest BCUT2D eigenvalue weighted by atomic mass is 9.74. The Bertz CT molecular complexity index is 913. The molecule has 0 spiro atoms. The molecular weight excluding hydrogens is 387 g/mol. The standard InChI is InChI=1S/C19H20BrFN2O2/c1-19(2,3)12-7-11-9-22-23(18(25)17(11)15(21)8-12)16-6-4-5-14(20)13(16)10-24/h4-6,8-9,12,24H,7,10H2,1-3H3. The Balaban J connectivity index is 2.17. The van der Waals surface area contributed by atoms with Gasteiger partial charge in [-0.15, -0.1) is 0 Å². The average Bonchev–Trinajstić information content (AvgIpc) is 2.53. The molecule has 0 aliphatic heterocycles. The number of benzene rings is 1. The van der Waals surface area contributed by atoms with Gasteiger partial charge in [-0.3, -0.25) is 4.79 Å². The summed E-state index contributed by atoms with van der Waals surface area (Å²) in [6.45, 7) is 5.90. The van der Waals surface area contributed by atoms with Gasteiger partial charge in [-0.2, -0.15) is 9.78 Å². The van der Waals surface area contributed by atoms with Gasteiger partial charge < -0.3 is 5.11 Å². The second kappa shape index (κ2) is 6.50. The van der Waals surface area contributed by atoms with E-state index in [4.69, 9.17) is 0 Å². The first kappa shape index (κ1) is 18.0. The summed E-state index contributed by atoms with van der Waals surface area (Å²) in [6.07, 6.45) is 3.69. The van der Waals surface area contributed by atoms with Gasteiger partial charge in [0, 0.05) is 10.0 Å². The summed E-state index contributed by atoms with van der Waals surface area (Å²) >= 11 is 3.36. The third-order valence-electron chi connectivity index (χ3n) is 4.68. The molecule has 1 aromatic carbocycles. The fourth-order valence-electron chi connectivity index (χ4n) is 3.08. The van der Waals surface area contributed by atoms with E-state index < -0.39 is 11.4 Å². The molecule has 2 aromatic rings. The zero-order valence-electron chi connectivity index (χ0n) is 14.4. The lowest BCUT2D eigenvalue weighted by Gasteiger charge is -2.31. The van der Waals surface area contributed by atoms with Crippen LogP contribution in [0.1, 0.15) is 37.5 Å². The Morgan fingerprint density at radius 3 is 2.76 bits per heavy atom. The molecule has 0 radical (unpaired) electrons. The van der Waals surface area contributed by atoms with Gasteiger partial charge in [0.2, 0.25) is 0 Å². The molecule has 0 bridgehead atoms. The Labute approximate surface area is 154 Å². The van der Waals surface area contributed by atoms with Crippen LogP contribution in [-0.2, 0) is 13.0 Å². The molecule has 1 unspecified atom stereocenters. The highest BCUT2D eigenvalue weighted by atomic mass is 79.9. The van der Waals surface area contributed by atoms with Crippen molar-refractivity contribution >= 4 is 21.8 Å². The van der Waals surface area contributed by atoms with Crippen molar-refractivity contribution in [2.75, 3.05) is 0 Å². The number of rotatable bonds is 2. The minimum absolute atomic E-state index is 0.0101. The SMILES string of the molecule is CC(C)(C)C1C=C(F)c2c(cnn(-c3cccc(Br)c3CO)c2=O)C1. The summed E-state index contributed by atoms with van der Waals surface area (Å²) in [4.78, 5) is 12.9. The maximum Gasteiger partial charge on any atom is 0.282 e. The van der Waals surface area contributed by atoms with Crippen molar-refractivity contribution in [3.63, 3.8) is 0 Å². The minimum Gasteiger partial charge on any atom is -0.392 e. The largest absolute Gasteiger partial charge is 0.392 e. The van der Waals surface area contributed by atoms with Crippen LogP contribution in [-0.4, -0.2) is 14.9 Å². The molecule has 0 amide bonds. The molecule has 1 aromatic heterocycles. The third kappa shape index (κ3) is 3.20. The van der Waals surface area contributed by atoms with Crippen molar-refractivity contribution in [3.05, 3.63) is 62.0 Å². The van der Waals surface area contributed by atoms with E-state index in [1.165, 1.54) is 0 Å². The predicted octanol–water partition coefficient (Wildman–Crippen LogP) is 4.02. The number of aromatic nitrogens is 2. The van der Waals surface area contributed by atoms with E-state index in [9.17, 15) is 14.3 Å². The molecule has 0 saturated heterocycles. The van der Waals surface area contributed by atoms with Crippen LogP contribution in [0.3, 0.4) is 0 Å². The highest BCUT2D eigenvalue weighted by Gasteiger charge is 2.31. The van der Waals surface area contributed by atoms with Gasteiger partial charge in [-0.05, 0) is 41.5 Å². The van der Waals surface area contributed by atoms with E-state index in [2.05, 4.69) is 41.8 Å². The number of aliphatic hydroxyl groups is 1. The van der Waals surface area contributed by atoms with Crippen molar-refractivity contribution < 1.29 is 9.50 Å². The zero-order chi connectivity index (χ0) is 18.4. The maximum atomic E-state index is 14.7. The highest BCUT2D eigenvalue weighted by Crippen LogP contribution is 2.37. The third-order valence-corrected chi connectivity index (χ3v) is 5.42.